The number of carboxylic acids is 1. The molecule has 0 radical (unpaired) electrons. The van der Waals surface area contributed by atoms with Crippen molar-refractivity contribution in [2.24, 2.45) is 0 Å². The number of nitrogens with one attached hydrogen (secondary N) is 1. The van der Waals surface area contributed by atoms with Crippen LogP contribution in [-0.4, -0.2) is 23.7 Å². The maximum atomic E-state index is 11.0. The molecule has 0 bridgehead atoms. The molecular weight excluding hydrogens is 218 g/mol. The summed E-state index contributed by atoms with van der Waals surface area (Å²) in [4.78, 5) is 11.0. The maximum absolute atomic E-state index is 11.0. The predicted octanol–water partition coefficient (Wildman–Crippen LogP) is 1.96. The Morgan fingerprint density at radius 2 is 2.35 bits per heavy atom. The second kappa shape index (κ2) is 5.19. The van der Waals surface area contributed by atoms with E-state index in [1.165, 1.54) is 0 Å². The molecule has 1 aliphatic rings. The predicted molar refractivity (Wildman–Crippen MR) is 64.1 cm³/mol. The zero-order valence-corrected chi connectivity index (χ0v) is 9.85. The number of hydrogen-bond donors (Lipinski definition) is 2. The topological polar surface area (TPSA) is 58.6 Å². The molecule has 0 saturated carbocycles. The average Bonchev–Trinajstić information content (AvgIpc) is 2.35. The summed E-state index contributed by atoms with van der Waals surface area (Å²) in [5.74, 6) is 0.0629. The number of aliphatic carboxylic acids is 1. The zero-order valence-electron chi connectivity index (χ0n) is 9.85. The first-order valence-corrected chi connectivity index (χ1v) is 5.93. The molecule has 0 aliphatic carbocycles. The Labute approximate surface area is 101 Å². The van der Waals surface area contributed by atoms with Gasteiger partial charge in [-0.1, -0.05) is 25.1 Å². The fraction of sp³-hybridized carbons (Fsp3) is 0.462. The standard InChI is InChI=1S/C13H17NO3/c1-2-10(13(15)16)14-11-7-8-17-12-6-4-3-5-9(11)12/h3-6,10-11,14H,2,7-8H2,1H3,(H,15,16). The fourth-order valence-electron chi connectivity index (χ4n) is 2.12. The highest BCUT2D eigenvalue weighted by Crippen LogP contribution is 2.31. The van der Waals surface area contributed by atoms with Gasteiger partial charge in [0.1, 0.15) is 11.8 Å². The largest absolute Gasteiger partial charge is 0.493 e. The number of benzene rings is 1. The van der Waals surface area contributed by atoms with E-state index in [-0.39, 0.29) is 6.04 Å². The molecule has 0 saturated heterocycles. The summed E-state index contributed by atoms with van der Waals surface area (Å²) in [7, 11) is 0. The van der Waals surface area contributed by atoms with E-state index >= 15 is 0 Å². The Balaban J connectivity index is 2.15. The van der Waals surface area contributed by atoms with Crippen LogP contribution in [0.4, 0.5) is 0 Å². The normalized spacial score (nSPS) is 20.2. The van der Waals surface area contributed by atoms with Crippen LogP contribution in [0.15, 0.2) is 24.3 Å². The maximum Gasteiger partial charge on any atom is 0.320 e. The van der Waals surface area contributed by atoms with E-state index in [2.05, 4.69) is 5.32 Å². The molecule has 92 valence electrons. The number of carbonyl (C=O) groups is 1. The van der Waals surface area contributed by atoms with Crippen molar-refractivity contribution in [2.45, 2.75) is 31.8 Å². The van der Waals surface area contributed by atoms with Gasteiger partial charge in [-0.25, -0.2) is 0 Å². The molecule has 17 heavy (non-hydrogen) atoms. The molecule has 0 spiro atoms. The summed E-state index contributed by atoms with van der Waals surface area (Å²) < 4.78 is 5.54. The van der Waals surface area contributed by atoms with E-state index in [0.29, 0.717) is 13.0 Å². The van der Waals surface area contributed by atoms with E-state index in [0.717, 1.165) is 17.7 Å². The molecule has 2 N–H and O–H groups in total. The van der Waals surface area contributed by atoms with Crippen LogP contribution >= 0.6 is 0 Å². The highest BCUT2D eigenvalue weighted by atomic mass is 16.5. The molecule has 2 unspecified atom stereocenters. The van der Waals surface area contributed by atoms with Gasteiger partial charge in [0, 0.05) is 18.0 Å². The first-order valence-electron chi connectivity index (χ1n) is 5.93. The fourth-order valence-corrected chi connectivity index (χ4v) is 2.12. The third-order valence-corrected chi connectivity index (χ3v) is 3.07. The molecule has 0 aromatic heterocycles. The van der Waals surface area contributed by atoms with Gasteiger partial charge in [-0.2, -0.15) is 0 Å². The van der Waals surface area contributed by atoms with Gasteiger partial charge < -0.3 is 9.84 Å². The summed E-state index contributed by atoms with van der Waals surface area (Å²) in [6.45, 7) is 2.50. The van der Waals surface area contributed by atoms with Crippen molar-refractivity contribution in [3.8, 4) is 5.75 Å². The molecule has 1 aromatic carbocycles. The number of para-hydroxylation sites is 1. The van der Waals surface area contributed by atoms with Crippen LogP contribution in [0.25, 0.3) is 0 Å². The summed E-state index contributed by atoms with van der Waals surface area (Å²) >= 11 is 0. The monoisotopic (exact) mass is 235 g/mol. The van der Waals surface area contributed by atoms with Gasteiger partial charge in [0.05, 0.1) is 6.61 Å². The van der Waals surface area contributed by atoms with Crippen LogP contribution in [0.5, 0.6) is 5.75 Å². The number of carboxylic acid groups (broad SMARTS) is 1. The molecule has 2 rings (SSSR count). The first kappa shape index (κ1) is 11.9. The summed E-state index contributed by atoms with van der Waals surface area (Å²) in [6.07, 6.45) is 1.38. The minimum atomic E-state index is -0.795. The molecule has 0 amide bonds. The van der Waals surface area contributed by atoms with Crippen LogP contribution < -0.4 is 10.1 Å². The van der Waals surface area contributed by atoms with Gasteiger partial charge in [0.2, 0.25) is 0 Å². The Bertz CT molecular complexity index is 405. The van der Waals surface area contributed by atoms with Gasteiger partial charge in [-0.15, -0.1) is 0 Å². The van der Waals surface area contributed by atoms with Crippen LogP contribution in [0.2, 0.25) is 0 Å². The lowest BCUT2D eigenvalue weighted by Gasteiger charge is -2.28. The Hall–Kier alpha value is -1.55. The smallest absolute Gasteiger partial charge is 0.320 e. The summed E-state index contributed by atoms with van der Waals surface area (Å²) in [6, 6.07) is 7.36. The van der Waals surface area contributed by atoms with Gasteiger partial charge in [-0.05, 0) is 12.5 Å². The Kier molecular flexibility index (Phi) is 3.64. The van der Waals surface area contributed by atoms with Gasteiger partial charge in [-0.3, -0.25) is 10.1 Å². The first-order chi connectivity index (χ1) is 8.22. The van der Waals surface area contributed by atoms with Gasteiger partial charge in [0.15, 0.2) is 0 Å². The number of rotatable bonds is 4. The van der Waals surface area contributed by atoms with Crippen LogP contribution in [-0.2, 0) is 4.79 Å². The second-order valence-electron chi connectivity index (χ2n) is 4.19. The highest BCUT2D eigenvalue weighted by Gasteiger charge is 2.25. The molecule has 2 atom stereocenters. The molecule has 4 heteroatoms. The molecular formula is C13H17NO3. The van der Waals surface area contributed by atoms with Crippen LogP contribution in [0, 0.1) is 0 Å². The Morgan fingerprint density at radius 1 is 1.59 bits per heavy atom. The lowest BCUT2D eigenvalue weighted by molar-refractivity contribution is -0.139. The van der Waals surface area contributed by atoms with Gasteiger partial charge in [0.25, 0.3) is 0 Å². The highest BCUT2D eigenvalue weighted by molar-refractivity contribution is 5.73. The lowest BCUT2D eigenvalue weighted by atomic mass is 9.99. The van der Waals surface area contributed by atoms with Crippen molar-refractivity contribution in [2.75, 3.05) is 6.61 Å². The zero-order chi connectivity index (χ0) is 12.3. The number of fused-ring (bicyclic) bond motifs is 1. The molecule has 4 nitrogen and oxygen atoms in total. The summed E-state index contributed by atoms with van der Waals surface area (Å²) in [5.41, 5.74) is 1.05. The second-order valence-corrected chi connectivity index (χ2v) is 4.19. The van der Waals surface area contributed by atoms with Crippen molar-refractivity contribution >= 4 is 5.97 Å². The van der Waals surface area contributed by atoms with Crippen LogP contribution in [0.1, 0.15) is 31.4 Å². The van der Waals surface area contributed by atoms with E-state index in [9.17, 15) is 4.79 Å². The average molecular weight is 235 g/mol. The third kappa shape index (κ3) is 2.58. The number of ether oxygens (including phenoxy) is 1. The quantitative estimate of drug-likeness (QED) is 0.837. The van der Waals surface area contributed by atoms with Crippen molar-refractivity contribution in [1.82, 2.24) is 5.32 Å². The minimum absolute atomic E-state index is 0.0704. The van der Waals surface area contributed by atoms with E-state index in [1.54, 1.807) is 0 Å². The van der Waals surface area contributed by atoms with Gasteiger partial charge >= 0.3 is 5.97 Å². The van der Waals surface area contributed by atoms with E-state index < -0.39 is 12.0 Å². The van der Waals surface area contributed by atoms with E-state index in [1.807, 2.05) is 31.2 Å². The lowest BCUT2D eigenvalue weighted by Crippen LogP contribution is -2.40. The summed E-state index contributed by atoms with van der Waals surface area (Å²) in [5, 5.41) is 12.2. The molecule has 1 heterocycles. The van der Waals surface area contributed by atoms with Crippen molar-refractivity contribution < 1.29 is 14.6 Å². The third-order valence-electron chi connectivity index (χ3n) is 3.07. The van der Waals surface area contributed by atoms with Crippen molar-refractivity contribution in [3.63, 3.8) is 0 Å². The van der Waals surface area contributed by atoms with Crippen molar-refractivity contribution in [3.05, 3.63) is 29.8 Å². The molecule has 1 aromatic rings. The SMILES string of the molecule is CCC(NC1CCOc2ccccc21)C(=O)O. The van der Waals surface area contributed by atoms with Crippen LogP contribution in [0.3, 0.4) is 0 Å². The Morgan fingerprint density at radius 3 is 3.06 bits per heavy atom. The van der Waals surface area contributed by atoms with Crippen molar-refractivity contribution in [1.29, 1.82) is 0 Å². The number of hydrogen-bond acceptors (Lipinski definition) is 3. The minimum Gasteiger partial charge on any atom is -0.493 e. The molecule has 1 aliphatic heterocycles. The molecule has 0 fully saturated rings. The van der Waals surface area contributed by atoms with E-state index in [4.69, 9.17) is 9.84 Å².